The number of nitrogens with zero attached hydrogens (tertiary/aromatic N) is 5. The minimum Gasteiger partial charge on any atom is -0.309 e. The number of carbonyl (C=O) groups is 1. The lowest BCUT2D eigenvalue weighted by molar-refractivity contribution is -0.116. The quantitative estimate of drug-likeness (QED) is 0.816. The van der Waals surface area contributed by atoms with Gasteiger partial charge in [0.25, 0.3) is 5.56 Å². The van der Waals surface area contributed by atoms with Crippen molar-refractivity contribution in [2.45, 2.75) is 32.9 Å². The average Bonchev–Trinajstić information content (AvgIpc) is 3.11. The maximum Gasteiger partial charge on any atom is 0.331 e. The fourth-order valence-corrected chi connectivity index (χ4v) is 2.94. The van der Waals surface area contributed by atoms with Crippen molar-refractivity contribution < 1.29 is 4.79 Å². The van der Waals surface area contributed by atoms with E-state index in [9.17, 15) is 19.6 Å². The number of rotatable bonds is 3. The van der Waals surface area contributed by atoms with E-state index in [2.05, 4.69) is 10.4 Å². The first-order chi connectivity index (χ1) is 11.4. The largest absolute Gasteiger partial charge is 0.331 e. The SMILES string of the molecule is Cc1cc(NC(=O)Cn2c(=O)c(C#N)c3n(c2=O)CCC3)n(C)n1. The third-order valence-corrected chi connectivity index (χ3v) is 4.01. The van der Waals surface area contributed by atoms with Crippen molar-refractivity contribution in [1.82, 2.24) is 18.9 Å². The molecule has 0 unspecified atom stereocenters. The van der Waals surface area contributed by atoms with E-state index >= 15 is 0 Å². The summed E-state index contributed by atoms with van der Waals surface area (Å²) in [5, 5.41) is 15.9. The third-order valence-electron chi connectivity index (χ3n) is 4.01. The van der Waals surface area contributed by atoms with Gasteiger partial charge in [0, 0.05) is 25.4 Å². The summed E-state index contributed by atoms with van der Waals surface area (Å²) in [6, 6.07) is 3.54. The summed E-state index contributed by atoms with van der Waals surface area (Å²) in [5.74, 6) is -0.0630. The van der Waals surface area contributed by atoms with E-state index in [-0.39, 0.29) is 5.56 Å². The fourth-order valence-electron chi connectivity index (χ4n) is 2.94. The van der Waals surface area contributed by atoms with Crippen LogP contribution in [0.1, 0.15) is 23.4 Å². The highest BCUT2D eigenvalue weighted by Crippen LogP contribution is 2.13. The number of anilines is 1. The molecule has 124 valence electrons. The van der Waals surface area contributed by atoms with Gasteiger partial charge < -0.3 is 5.32 Å². The normalized spacial score (nSPS) is 12.7. The van der Waals surface area contributed by atoms with Crippen LogP contribution in [0.2, 0.25) is 0 Å². The zero-order chi connectivity index (χ0) is 17.4. The molecular weight excluding hydrogens is 312 g/mol. The second kappa shape index (κ2) is 5.81. The number of carbonyl (C=O) groups excluding carboxylic acids is 1. The lowest BCUT2D eigenvalue weighted by Crippen LogP contribution is -2.44. The molecule has 1 N–H and O–H groups in total. The summed E-state index contributed by atoms with van der Waals surface area (Å²) in [6.45, 7) is 1.79. The number of aromatic nitrogens is 4. The Morgan fingerprint density at radius 2 is 2.21 bits per heavy atom. The van der Waals surface area contributed by atoms with Gasteiger partial charge in [-0.3, -0.25) is 18.8 Å². The molecule has 24 heavy (non-hydrogen) atoms. The van der Waals surface area contributed by atoms with Gasteiger partial charge >= 0.3 is 5.69 Å². The Kier molecular flexibility index (Phi) is 3.81. The van der Waals surface area contributed by atoms with E-state index in [1.807, 2.05) is 6.07 Å². The maximum absolute atomic E-state index is 12.4. The Balaban J connectivity index is 1.95. The molecule has 1 aliphatic rings. The van der Waals surface area contributed by atoms with Crippen LogP contribution in [-0.4, -0.2) is 24.8 Å². The summed E-state index contributed by atoms with van der Waals surface area (Å²) in [5.41, 5.74) is -0.133. The Hall–Kier alpha value is -3.15. The first-order valence-electron chi connectivity index (χ1n) is 7.49. The molecule has 9 heteroatoms. The summed E-state index contributed by atoms with van der Waals surface area (Å²) < 4.78 is 3.71. The number of fused-ring (bicyclic) bond motifs is 1. The highest BCUT2D eigenvalue weighted by Gasteiger charge is 2.23. The van der Waals surface area contributed by atoms with Crippen LogP contribution >= 0.6 is 0 Å². The molecule has 0 aliphatic carbocycles. The second-order valence-electron chi connectivity index (χ2n) is 5.71. The number of hydrogen-bond donors (Lipinski definition) is 1. The van der Waals surface area contributed by atoms with Crippen molar-refractivity contribution in [1.29, 1.82) is 5.26 Å². The number of nitrogens with one attached hydrogen (secondary N) is 1. The molecule has 0 fully saturated rings. The molecule has 3 heterocycles. The van der Waals surface area contributed by atoms with Crippen LogP contribution in [0.15, 0.2) is 15.7 Å². The first-order valence-corrected chi connectivity index (χ1v) is 7.49. The standard InChI is InChI=1S/C15H16N6O3/c1-9-6-12(19(2)18-9)17-13(22)8-21-14(23)10(7-16)11-4-3-5-20(11)15(21)24/h6H,3-5,8H2,1-2H3,(H,17,22). The van der Waals surface area contributed by atoms with Gasteiger partial charge in [0.05, 0.1) is 5.69 Å². The molecule has 1 aliphatic heterocycles. The smallest absolute Gasteiger partial charge is 0.309 e. The highest BCUT2D eigenvalue weighted by molar-refractivity contribution is 5.89. The van der Waals surface area contributed by atoms with E-state index in [4.69, 9.17) is 0 Å². The van der Waals surface area contributed by atoms with Crippen LogP contribution < -0.4 is 16.6 Å². The van der Waals surface area contributed by atoms with E-state index < -0.39 is 23.7 Å². The minimum absolute atomic E-state index is 0.0590. The molecule has 0 radical (unpaired) electrons. The van der Waals surface area contributed by atoms with Crippen LogP contribution in [0, 0.1) is 18.3 Å². The highest BCUT2D eigenvalue weighted by atomic mass is 16.2. The molecule has 2 aromatic heterocycles. The summed E-state index contributed by atoms with van der Waals surface area (Å²) in [4.78, 5) is 37.0. The summed E-state index contributed by atoms with van der Waals surface area (Å²) >= 11 is 0. The first kappa shape index (κ1) is 15.7. The lowest BCUT2D eigenvalue weighted by Gasteiger charge is -2.11. The van der Waals surface area contributed by atoms with Crippen molar-refractivity contribution in [3.05, 3.63) is 43.9 Å². The van der Waals surface area contributed by atoms with Gasteiger partial charge in [0.15, 0.2) is 0 Å². The molecule has 0 spiro atoms. The van der Waals surface area contributed by atoms with Crippen molar-refractivity contribution in [3.8, 4) is 6.07 Å². The van der Waals surface area contributed by atoms with Gasteiger partial charge in [-0.25, -0.2) is 9.36 Å². The Labute approximate surface area is 136 Å². The van der Waals surface area contributed by atoms with Gasteiger partial charge in [-0.2, -0.15) is 10.4 Å². The fraction of sp³-hybridized carbons (Fsp3) is 0.400. The van der Waals surface area contributed by atoms with Gasteiger partial charge in [0.2, 0.25) is 5.91 Å². The van der Waals surface area contributed by atoms with Crippen molar-refractivity contribution in [2.75, 3.05) is 5.32 Å². The molecule has 0 saturated carbocycles. The second-order valence-corrected chi connectivity index (χ2v) is 5.71. The number of hydrogen-bond acceptors (Lipinski definition) is 5. The molecule has 0 saturated heterocycles. The minimum atomic E-state index is -0.716. The number of amides is 1. The summed E-state index contributed by atoms with van der Waals surface area (Å²) in [7, 11) is 1.67. The molecule has 3 rings (SSSR count). The number of aryl methyl sites for hydroxylation is 2. The van der Waals surface area contributed by atoms with E-state index in [1.165, 1.54) is 9.25 Å². The zero-order valence-corrected chi connectivity index (χ0v) is 13.4. The van der Waals surface area contributed by atoms with Crippen LogP contribution in [0.3, 0.4) is 0 Å². The van der Waals surface area contributed by atoms with E-state index in [0.29, 0.717) is 30.9 Å². The average molecular weight is 328 g/mol. The number of nitriles is 1. The third kappa shape index (κ3) is 2.52. The van der Waals surface area contributed by atoms with Gasteiger partial charge in [-0.15, -0.1) is 0 Å². The van der Waals surface area contributed by atoms with Crippen LogP contribution in [-0.2, 0) is 31.4 Å². The van der Waals surface area contributed by atoms with E-state index in [0.717, 1.165) is 10.3 Å². The van der Waals surface area contributed by atoms with Crippen molar-refractivity contribution >= 4 is 11.7 Å². The Morgan fingerprint density at radius 3 is 2.83 bits per heavy atom. The Morgan fingerprint density at radius 1 is 1.46 bits per heavy atom. The van der Waals surface area contributed by atoms with Gasteiger partial charge in [-0.05, 0) is 19.8 Å². The molecule has 0 aromatic carbocycles. The van der Waals surface area contributed by atoms with Crippen molar-refractivity contribution in [2.24, 2.45) is 7.05 Å². The Bertz CT molecular complexity index is 988. The zero-order valence-electron chi connectivity index (χ0n) is 13.4. The predicted molar refractivity (Wildman–Crippen MR) is 84.6 cm³/mol. The molecule has 1 amide bonds. The maximum atomic E-state index is 12.4. The molecule has 2 aromatic rings. The topological polar surface area (TPSA) is 115 Å². The van der Waals surface area contributed by atoms with E-state index in [1.54, 1.807) is 20.0 Å². The molecule has 0 atom stereocenters. The monoisotopic (exact) mass is 328 g/mol. The van der Waals surface area contributed by atoms with Crippen LogP contribution in [0.5, 0.6) is 0 Å². The molecular formula is C15H16N6O3. The summed E-state index contributed by atoms with van der Waals surface area (Å²) in [6.07, 6.45) is 1.22. The van der Waals surface area contributed by atoms with Gasteiger partial charge in [0.1, 0.15) is 24.0 Å². The van der Waals surface area contributed by atoms with Crippen LogP contribution in [0.4, 0.5) is 5.82 Å². The molecule has 0 bridgehead atoms. The van der Waals surface area contributed by atoms with Crippen molar-refractivity contribution in [3.63, 3.8) is 0 Å². The molecule has 9 nitrogen and oxygen atoms in total. The predicted octanol–water partition coefficient (Wildman–Crippen LogP) is -0.492. The van der Waals surface area contributed by atoms with Gasteiger partial charge in [-0.1, -0.05) is 0 Å². The lowest BCUT2D eigenvalue weighted by atomic mass is 10.2. The van der Waals surface area contributed by atoms with Crippen LogP contribution in [0.25, 0.3) is 0 Å².